The molecule has 0 radical (unpaired) electrons. The summed E-state index contributed by atoms with van der Waals surface area (Å²) in [5, 5.41) is 8.11. The number of likely N-dealkylation sites (N-methyl/N-ethyl adjacent to an activating group) is 1. The lowest BCUT2D eigenvalue weighted by Gasteiger charge is -2.32. The van der Waals surface area contributed by atoms with Crippen molar-refractivity contribution < 1.29 is 14.2 Å². The molecule has 2 aromatic carbocycles. The number of piperazine rings is 1. The van der Waals surface area contributed by atoms with E-state index in [1.165, 1.54) is 0 Å². The Morgan fingerprint density at radius 1 is 0.872 bits per heavy atom. The van der Waals surface area contributed by atoms with Crippen LogP contribution in [0.3, 0.4) is 0 Å². The summed E-state index contributed by atoms with van der Waals surface area (Å²) in [5.41, 5.74) is 3.23. The molecule has 0 aliphatic carbocycles. The van der Waals surface area contributed by atoms with E-state index in [-0.39, 0.29) is 0 Å². The molecular weight excluding hydrogens is 637 g/mol. The topological polar surface area (TPSA) is 123 Å². The Balaban J connectivity index is 1.13. The normalized spacial score (nSPS) is 13.9. The highest BCUT2D eigenvalue weighted by Gasteiger charge is 2.17. The number of ether oxygens (including phenoxy) is 3. The Bertz CT molecular complexity index is 1840. The van der Waals surface area contributed by atoms with Crippen LogP contribution in [0.4, 0.5) is 23.1 Å². The number of halogens is 1. The van der Waals surface area contributed by atoms with Crippen molar-refractivity contribution in [2.45, 2.75) is 0 Å². The number of benzene rings is 2. The van der Waals surface area contributed by atoms with Crippen molar-refractivity contribution in [1.29, 1.82) is 0 Å². The lowest BCUT2D eigenvalue weighted by Crippen LogP contribution is -2.45. The maximum Gasteiger partial charge on any atom is 0.229 e. The van der Waals surface area contributed by atoms with Gasteiger partial charge in [-0.1, -0.05) is 19.5 Å². The molecule has 0 atom stereocenters. The second kappa shape index (κ2) is 15.0. The van der Waals surface area contributed by atoms with Crippen LogP contribution in [0.15, 0.2) is 67.3 Å². The number of anilines is 4. The molecule has 1 saturated heterocycles. The third-order valence-corrected chi connectivity index (χ3v) is 9.30. The number of hydrogen-bond donors (Lipinski definition) is 2. The smallest absolute Gasteiger partial charge is 0.229 e. The standard InChI is InChI=1S/C33H37ClN9O3P/c1-42-13-15-43(16-14-42)17-18-45-29-20-23(9-10-36-29)46-22-5-6-25(28(19-22)44-2)40-33-38-21-24(34)32(41-33)39-27-8-7-26-30(31(27)47(3)4)37-12-11-35-26/h5-12,19-21H,13-18H2,1-4H3,(H2,38,39,40,41). The summed E-state index contributed by atoms with van der Waals surface area (Å²) in [5.74, 6) is 3.06. The molecule has 6 rings (SSSR count). The van der Waals surface area contributed by atoms with Crippen LogP contribution in [0, 0.1) is 0 Å². The van der Waals surface area contributed by atoms with Crippen molar-refractivity contribution in [3.05, 3.63) is 72.3 Å². The Labute approximate surface area is 280 Å². The van der Waals surface area contributed by atoms with Gasteiger partial charge in [-0.3, -0.25) is 14.9 Å². The molecule has 0 bridgehead atoms. The molecule has 3 aromatic heterocycles. The van der Waals surface area contributed by atoms with E-state index in [0.717, 1.165) is 54.7 Å². The quantitative estimate of drug-likeness (QED) is 0.157. The SMILES string of the molecule is COc1cc(Oc2ccnc(OCCN3CCN(C)CC3)c2)ccc1Nc1ncc(Cl)c(Nc2ccc3nccnc3c2P(C)C)n1. The van der Waals surface area contributed by atoms with Gasteiger partial charge in [0.25, 0.3) is 0 Å². The summed E-state index contributed by atoms with van der Waals surface area (Å²) in [6, 6.07) is 13.0. The second-order valence-electron chi connectivity index (χ2n) is 11.2. The first-order chi connectivity index (χ1) is 22.9. The zero-order chi connectivity index (χ0) is 32.8. The van der Waals surface area contributed by atoms with Crippen LogP contribution in [0.1, 0.15) is 0 Å². The molecule has 1 aliphatic heterocycles. The number of pyridine rings is 1. The van der Waals surface area contributed by atoms with Crippen LogP contribution in [-0.4, -0.2) is 102 Å². The Morgan fingerprint density at radius 3 is 2.47 bits per heavy atom. The summed E-state index contributed by atoms with van der Waals surface area (Å²) >= 11 is 6.54. The second-order valence-corrected chi connectivity index (χ2v) is 13.9. The lowest BCUT2D eigenvalue weighted by molar-refractivity contribution is 0.132. The molecule has 2 N–H and O–H groups in total. The molecule has 12 nitrogen and oxygen atoms in total. The third kappa shape index (κ3) is 8.15. The number of methoxy groups -OCH3 is 1. The monoisotopic (exact) mass is 673 g/mol. The summed E-state index contributed by atoms with van der Waals surface area (Å²) in [6.45, 7) is 10.0. The highest BCUT2D eigenvalue weighted by atomic mass is 35.5. The highest BCUT2D eigenvalue weighted by Crippen LogP contribution is 2.36. The van der Waals surface area contributed by atoms with E-state index in [2.05, 4.69) is 65.7 Å². The van der Waals surface area contributed by atoms with Crippen molar-refractivity contribution >= 4 is 59.0 Å². The molecule has 47 heavy (non-hydrogen) atoms. The van der Waals surface area contributed by atoms with Crippen molar-refractivity contribution in [2.24, 2.45) is 0 Å². The molecule has 1 aliphatic rings. The third-order valence-electron chi connectivity index (χ3n) is 7.67. The van der Waals surface area contributed by atoms with Crippen LogP contribution >= 0.6 is 19.5 Å². The van der Waals surface area contributed by atoms with Gasteiger partial charge in [0.05, 0.1) is 30.0 Å². The van der Waals surface area contributed by atoms with Gasteiger partial charge in [-0.05, 0) is 50.7 Å². The predicted octanol–water partition coefficient (Wildman–Crippen LogP) is 5.75. The van der Waals surface area contributed by atoms with Gasteiger partial charge in [0.1, 0.15) is 28.9 Å². The van der Waals surface area contributed by atoms with E-state index in [0.29, 0.717) is 52.2 Å². The molecule has 1 fully saturated rings. The summed E-state index contributed by atoms with van der Waals surface area (Å²) in [7, 11) is 3.23. The van der Waals surface area contributed by atoms with E-state index >= 15 is 0 Å². The van der Waals surface area contributed by atoms with Crippen LogP contribution < -0.4 is 30.1 Å². The van der Waals surface area contributed by atoms with E-state index < -0.39 is 7.92 Å². The largest absolute Gasteiger partial charge is 0.494 e. The average molecular weight is 674 g/mol. The van der Waals surface area contributed by atoms with E-state index in [4.69, 9.17) is 25.8 Å². The maximum atomic E-state index is 6.54. The first-order valence-electron chi connectivity index (χ1n) is 15.2. The number of aromatic nitrogens is 5. The van der Waals surface area contributed by atoms with E-state index in [1.807, 2.05) is 24.3 Å². The predicted molar refractivity (Wildman–Crippen MR) is 188 cm³/mol. The zero-order valence-electron chi connectivity index (χ0n) is 26.8. The summed E-state index contributed by atoms with van der Waals surface area (Å²) < 4.78 is 17.7. The molecule has 244 valence electrons. The minimum atomic E-state index is -0.516. The van der Waals surface area contributed by atoms with Gasteiger partial charge >= 0.3 is 0 Å². The van der Waals surface area contributed by atoms with Crippen LogP contribution in [0.25, 0.3) is 11.0 Å². The summed E-state index contributed by atoms with van der Waals surface area (Å²) in [6.07, 6.45) is 6.63. The minimum Gasteiger partial charge on any atom is -0.494 e. The molecule has 0 saturated carbocycles. The van der Waals surface area contributed by atoms with Gasteiger partial charge in [-0.2, -0.15) is 4.98 Å². The minimum absolute atomic E-state index is 0.341. The molecule has 4 heterocycles. The van der Waals surface area contributed by atoms with Crippen molar-refractivity contribution in [3.8, 4) is 23.1 Å². The first kappa shape index (κ1) is 32.6. The zero-order valence-corrected chi connectivity index (χ0v) is 28.4. The first-order valence-corrected chi connectivity index (χ1v) is 17.8. The number of nitrogens with zero attached hydrogens (tertiary/aromatic N) is 7. The molecule has 5 aromatic rings. The van der Waals surface area contributed by atoms with Gasteiger partial charge in [0.15, 0.2) is 5.82 Å². The van der Waals surface area contributed by atoms with Crippen molar-refractivity contribution in [3.63, 3.8) is 0 Å². The molecule has 0 amide bonds. The van der Waals surface area contributed by atoms with Crippen molar-refractivity contribution in [2.75, 3.05) is 77.5 Å². The molecule has 0 spiro atoms. The molecule has 0 unspecified atom stereocenters. The summed E-state index contributed by atoms with van der Waals surface area (Å²) in [4.78, 5) is 27.2. The van der Waals surface area contributed by atoms with Crippen LogP contribution in [-0.2, 0) is 0 Å². The Hall–Kier alpha value is -4.35. The van der Waals surface area contributed by atoms with Crippen LogP contribution in [0.5, 0.6) is 23.1 Å². The van der Waals surface area contributed by atoms with Crippen LogP contribution in [0.2, 0.25) is 5.02 Å². The van der Waals surface area contributed by atoms with E-state index in [9.17, 15) is 0 Å². The number of rotatable bonds is 12. The molecular formula is C33H37ClN9O3P. The lowest BCUT2D eigenvalue weighted by atomic mass is 10.2. The fourth-order valence-corrected chi connectivity index (χ4v) is 6.54. The number of fused-ring (bicyclic) bond motifs is 1. The van der Waals surface area contributed by atoms with E-state index in [1.54, 1.807) is 50.1 Å². The Kier molecular flexibility index (Phi) is 10.4. The van der Waals surface area contributed by atoms with Gasteiger partial charge in [0.2, 0.25) is 11.8 Å². The fourth-order valence-electron chi connectivity index (χ4n) is 5.20. The maximum absolute atomic E-state index is 6.54. The number of hydrogen-bond acceptors (Lipinski definition) is 12. The number of nitrogens with one attached hydrogen (secondary N) is 2. The van der Waals surface area contributed by atoms with Gasteiger partial charge < -0.3 is 29.7 Å². The van der Waals surface area contributed by atoms with Crippen molar-refractivity contribution in [1.82, 2.24) is 34.7 Å². The average Bonchev–Trinajstić information content (AvgIpc) is 3.07. The van der Waals surface area contributed by atoms with Gasteiger partial charge in [-0.15, -0.1) is 0 Å². The highest BCUT2D eigenvalue weighted by molar-refractivity contribution is 7.65. The van der Waals surface area contributed by atoms with Gasteiger partial charge in [0, 0.05) is 74.4 Å². The Morgan fingerprint density at radius 2 is 1.66 bits per heavy atom. The van der Waals surface area contributed by atoms with Gasteiger partial charge in [-0.25, -0.2) is 9.97 Å². The fraction of sp³-hybridized carbons (Fsp3) is 0.303. The molecule has 14 heteroatoms.